The summed E-state index contributed by atoms with van der Waals surface area (Å²) < 4.78 is 2.11. The Morgan fingerprint density at radius 3 is 2.79 bits per heavy atom. The Balaban J connectivity index is 2.27. The Kier molecular flexibility index (Phi) is 2.59. The fraction of sp³-hybridized carbons (Fsp3) is 0.727. The molecular formula is C11H19N3. The summed E-state index contributed by atoms with van der Waals surface area (Å²) in [6, 6.07) is 2.25. The molecule has 1 fully saturated rings. The van der Waals surface area contributed by atoms with Crippen LogP contribution >= 0.6 is 0 Å². The maximum atomic E-state index is 5.83. The highest BCUT2D eigenvalue weighted by Crippen LogP contribution is 2.36. The van der Waals surface area contributed by atoms with Crippen molar-refractivity contribution in [3.05, 3.63) is 17.5 Å². The van der Waals surface area contributed by atoms with Crippen LogP contribution in [0.15, 0.2) is 6.07 Å². The van der Waals surface area contributed by atoms with Crippen molar-refractivity contribution in [2.24, 2.45) is 5.73 Å². The molecule has 0 aliphatic heterocycles. The number of rotatable bonds is 3. The van der Waals surface area contributed by atoms with Crippen LogP contribution in [0.2, 0.25) is 0 Å². The van der Waals surface area contributed by atoms with Crippen LogP contribution in [0.4, 0.5) is 0 Å². The van der Waals surface area contributed by atoms with E-state index in [0.29, 0.717) is 0 Å². The second-order valence-electron chi connectivity index (χ2n) is 4.23. The van der Waals surface area contributed by atoms with Gasteiger partial charge in [0.15, 0.2) is 0 Å². The fourth-order valence-corrected chi connectivity index (χ4v) is 1.96. The van der Waals surface area contributed by atoms with Crippen LogP contribution in [0.3, 0.4) is 0 Å². The Hall–Kier alpha value is -0.830. The number of hydrogen-bond acceptors (Lipinski definition) is 2. The predicted octanol–water partition coefficient (Wildman–Crippen LogP) is 2.19. The second kappa shape index (κ2) is 3.73. The molecule has 0 aromatic carbocycles. The minimum Gasteiger partial charge on any atom is -0.323 e. The van der Waals surface area contributed by atoms with Gasteiger partial charge < -0.3 is 5.73 Å². The lowest BCUT2D eigenvalue weighted by Crippen LogP contribution is -2.14. The average molecular weight is 193 g/mol. The molecule has 0 radical (unpaired) electrons. The quantitative estimate of drug-likeness (QED) is 0.799. The van der Waals surface area contributed by atoms with Crippen molar-refractivity contribution in [2.45, 2.75) is 51.6 Å². The van der Waals surface area contributed by atoms with Gasteiger partial charge in [0.2, 0.25) is 0 Å². The normalized spacial score (nSPS) is 19.4. The van der Waals surface area contributed by atoms with E-state index in [1.165, 1.54) is 25.0 Å². The first kappa shape index (κ1) is 9.71. The number of aryl methyl sites for hydroxylation is 1. The molecule has 1 aromatic heterocycles. The van der Waals surface area contributed by atoms with Crippen molar-refractivity contribution in [1.82, 2.24) is 9.78 Å². The Morgan fingerprint density at radius 1 is 1.64 bits per heavy atom. The summed E-state index contributed by atoms with van der Waals surface area (Å²) in [5.74, 6) is 0.745. The molecule has 2 N–H and O–H groups in total. The van der Waals surface area contributed by atoms with Gasteiger partial charge >= 0.3 is 0 Å². The summed E-state index contributed by atoms with van der Waals surface area (Å²) in [5, 5.41) is 4.52. The van der Waals surface area contributed by atoms with Crippen LogP contribution in [-0.4, -0.2) is 9.78 Å². The summed E-state index contributed by atoms with van der Waals surface area (Å²) in [4.78, 5) is 0. The van der Waals surface area contributed by atoms with Crippen molar-refractivity contribution < 1.29 is 0 Å². The van der Waals surface area contributed by atoms with E-state index in [-0.39, 0.29) is 6.04 Å². The standard InChI is InChI=1S/C11H19N3/c1-3-14-11(9-5-4-6-9)7-10(13-14)8(2)12/h7-9H,3-6,12H2,1-2H3. The molecule has 0 amide bonds. The van der Waals surface area contributed by atoms with Gasteiger partial charge in [-0.2, -0.15) is 5.10 Å². The van der Waals surface area contributed by atoms with Crippen LogP contribution in [0.5, 0.6) is 0 Å². The highest BCUT2D eigenvalue weighted by atomic mass is 15.3. The molecule has 3 heteroatoms. The fourth-order valence-electron chi connectivity index (χ4n) is 1.96. The summed E-state index contributed by atoms with van der Waals surface area (Å²) in [5.41, 5.74) is 8.26. The third kappa shape index (κ3) is 1.57. The Bertz CT molecular complexity index is 310. The van der Waals surface area contributed by atoms with Gasteiger partial charge in [0.25, 0.3) is 0 Å². The van der Waals surface area contributed by atoms with E-state index in [9.17, 15) is 0 Å². The summed E-state index contributed by atoms with van der Waals surface area (Å²) in [6.07, 6.45) is 4.02. The number of nitrogens with two attached hydrogens (primary N) is 1. The molecule has 1 aliphatic rings. The molecule has 1 heterocycles. The van der Waals surface area contributed by atoms with Gasteiger partial charge in [-0.15, -0.1) is 0 Å². The van der Waals surface area contributed by atoms with Gasteiger partial charge in [-0.25, -0.2) is 0 Å². The van der Waals surface area contributed by atoms with Crippen molar-refractivity contribution in [1.29, 1.82) is 0 Å². The van der Waals surface area contributed by atoms with Crippen molar-refractivity contribution in [3.8, 4) is 0 Å². The minimum absolute atomic E-state index is 0.0571. The Morgan fingerprint density at radius 2 is 2.36 bits per heavy atom. The van der Waals surface area contributed by atoms with Crippen LogP contribution < -0.4 is 5.73 Å². The maximum absolute atomic E-state index is 5.83. The summed E-state index contributed by atoms with van der Waals surface area (Å²) in [7, 11) is 0. The smallest absolute Gasteiger partial charge is 0.0791 e. The molecule has 14 heavy (non-hydrogen) atoms. The first-order valence-corrected chi connectivity index (χ1v) is 5.55. The highest BCUT2D eigenvalue weighted by molar-refractivity contribution is 5.18. The van der Waals surface area contributed by atoms with Crippen LogP contribution in [0, 0.1) is 0 Å². The maximum Gasteiger partial charge on any atom is 0.0791 e. The summed E-state index contributed by atoms with van der Waals surface area (Å²) >= 11 is 0. The van der Waals surface area contributed by atoms with Crippen LogP contribution in [0.1, 0.15) is 56.5 Å². The molecular weight excluding hydrogens is 174 g/mol. The summed E-state index contributed by atoms with van der Waals surface area (Å²) in [6.45, 7) is 5.09. The number of hydrogen-bond donors (Lipinski definition) is 1. The molecule has 1 aliphatic carbocycles. The lowest BCUT2D eigenvalue weighted by molar-refractivity contribution is 0.390. The zero-order valence-corrected chi connectivity index (χ0v) is 9.03. The number of aromatic nitrogens is 2. The first-order chi connectivity index (χ1) is 6.72. The molecule has 3 nitrogen and oxygen atoms in total. The lowest BCUT2D eigenvalue weighted by atomic mass is 9.82. The van der Waals surface area contributed by atoms with Gasteiger partial charge in [0.05, 0.1) is 5.69 Å². The highest BCUT2D eigenvalue weighted by Gasteiger charge is 2.24. The molecule has 1 aromatic rings. The predicted molar refractivity (Wildman–Crippen MR) is 57.1 cm³/mol. The van der Waals surface area contributed by atoms with E-state index in [1.807, 2.05) is 6.92 Å². The van der Waals surface area contributed by atoms with E-state index in [2.05, 4.69) is 22.8 Å². The molecule has 0 bridgehead atoms. The topological polar surface area (TPSA) is 43.8 Å². The monoisotopic (exact) mass is 193 g/mol. The van der Waals surface area contributed by atoms with Crippen LogP contribution in [-0.2, 0) is 6.54 Å². The van der Waals surface area contributed by atoms with Gasteiger partial charge in [0, 0.05) is 24.2 Å². The molecule has 0 saturated heterocycles. The zero-order chi connectivity index (χ0) is 10.1. The number of nitrogens with zero attached hydrogens (tertiary/aromatic N) is 2. The largest absolute Gasteiger partial charge is 0.323 e. The Labute approximate surface area is 85.3 Å². The molecule has 1 atom stereocenters. The van der Waals surface area contributed by atoms with E-state index < -0.39 is 0 Å². The van der Waals surface area contributed by atoms with E-state index in [0.717, 1.165) is 18.2 Å². The van der Waals surface area contributed by atoms with Gasteiger partial charge in [0.1, 0.15) is 0 Å². The molecule has 0 spiro atoms. The minimum atomic E-state index is 0.0571. The van der Waals surface area contributed by atoms with Crippen molar-refractivity contribution in [2.75, 3.05) is 0 Å². The van der Waals surface area contributed by atoms with E-state index in [1.54, 1.807) is 0 Å². The van der Waals surface area contributed by atoms with Gasteiger partial charge in [-0.3, -0.25) is 4.68 Å². The van der Waals surface area contributed by atoms with Gasteiger partial charge in [-0.1, -0.05) is 6.42 Å². The SMILES string of the molecule is CCn1nc(C(C)N)cc1C1CCC1. The third-order valence-corrected chi connectivity index (χ3v) is 3.12. The lowest BCUT2D eigenvalue weighted by Gasteiger charge is -2.25. The van der Waals surface area contributed by atoms with Gasteiger partial charge in [-0.05, 0) is 32.8 Å². The van der Waals surface area contributed by atoms with E-state index >= 15 is 0 Å². The molecule has 1 saturated carbocycles. The molecule has 1 unspecified atom stereocenters. The third-order valence-electron chi connectivity index (χ3n) is 3.12. The second-order valence-corrected chi connectivity index (χ2v) is 4.23. The van der Waals surface area contributed by atoms with Crippen LogP contribution in [0.25, 0.3) is 0 Å². The average Bonchev–Trinajstić information content (AvgIpc) is 2.45. The van der Waals surface area contributed by atoms with Crippen molar-refractivity contribution in [3.63, 3.8) is 0 Å². The van der Waals surface area contributed by atoms with E-state index in [4.69, 9.17) is 5.73 Å². The molecule has 78 valence electrons. The first-order valence-electron chi connectivity index (χ1n) is 5.55. The van der Waals surface area contributed by atoms with Crippen molar-refractivity contribution >= 4 is 0 Å². The molecule has 2 rings (SSSR count). The zero-order valence-electron chi connectivity index (χ0n) is 9.03.